The van der Waals surface area contributed by atoms with Gasteiger partial charge in [-0.1, -0.05) is 209 Å². The molecule has 364 valence electrons. The van der Waals surface area contributed by atoms with E-state index in [0.717, 1.165) is 70.6 Å². The number of allylic oxidation sites excluding steroid dienone is 12. The summed E-state index contributed by atoms with van der Waals surface area (Å²) in [7, 11) is 0. The molecule has 9 heteroatoms. The number of rotatable bonds is 43. The highest BCUT2D eigenvalue weighted by Crippen LogP contribution is 2.23. The number of carbonyl (C=O) groups is 1. The molecule has 1 aliphatic rings. The number of esters is 1. The van der Waals surface area contributed by atoms with Gasteiger partial charge in [-0.05, 0) is 57.8 Å². The minimum absolute atomic E-state index is 0.103. The summed E-state index contributed by atoms with van der Waals surface area (Å²) in [5, 5.41) is 40.2. The summed E-state index contributed by atoms with van der Waals surface area (Å²) >= 11 is 0. The van der Waals surface area contributed by atoms with Gasteiger partial charge in [0.15, 0.2) is 6.29 Å². The summed E-state index contributed by atoms with van der Waals surface area (Å²) in [5.74, 6) is -0.332. The fourth-order valence-electron chi connectivity index (χ4n) is 7.45. The van der Waals surface area contributed by atoms with E-state index in [9.17, 15) is 25.2 Å². The van der Waals surface area contributed by atoms with Crippen LogP contribution in [0, 0.1) is 0 Å². The number of aliphatic hydroxyl groups is 4. The Balaban J connectivity index is 2.26. The molecule has 1 fully saturated rings. The van der Waals surface area contributed by atoms with Gasteiger partial charge in [-0.15, -0.1) is 0 Å². The van der Waals surface area contributed by atoms with Crippen LogP contribution in [0.25, 0.3) is 0 Å². The number of ether oxygens (including phenoxy) is 4. The topological polar surface area (TPSA) is 135 Å². The van der Waals surface area contributed by atoms with Crippen LogP contribution in [0.1, 0.15) is 200 Å². The Kier molecular flexibility index (Phi) is 41.7. The lowest BCUT2D eigenvalue weighted by Crippen LogP contribution is -2.59. The fraction of sp³-hybridized carbons (Fsp3) is 0.759. The molecule has 1 aliphatic heterocycles. The molecule has 0 aromatic rings. The highest BCUT2D eigenvalue weighted by molar-refractivity contribution is 5.69. The molecule has 1 saturated heterocycles. The van der Waals surface area contributed by atoms with Crippen molar-refractivity contribution in [2.45, 2.75) is 237 Å². The second kappa shape index (κ2) is 44.8. The van der Waals surface area contributed by atoms with Crippen molar-refractivity contribution >= 4 is 5.97 Å². The zero-order valence-corrected chi connectivity index (χ0v) is 40.1. The average Bonchev–Trinajstić information content (AvgIpc) is 3.28. The molecule has 0 aromatic carbocycles. The van der Waals surface area contributed by atoms with E-state index >= 15 is 0 Å². The Bertz CT molecular complexity index is 1190. The van der Waals surface area contributed by atoms with Crippen LogP contribution in [0.3, 0.4) is 0 Å². The SMILES string of the molecule is CC/C=C\C/C=C\C/C=C\C/C=C\C/C=C\C/C=C\CCCOCC(COC1OC(CO)C(O)C(O)C1O)OC(=O)CCCCCCCCCCCCCCCCCCCCCC. The molecule has 63 heavy (non-hydrogen) atoms. The van der Waals surface area contributed by atoms with Crippen molar-refractivity contribution in [1.29, 1.82) is 0 Å². The highest BCUT2D eigenvalue weighted by atomic mass is 16.7. The normalized spacial score (nSPS) is 20.3. The van der Waals surface area contributed by atoms with Gasteiger partial charge in [-0.2, -0.15) is 0 Å². The van der Waals surface area contributed by atoms with E-state index in [1.165, 1.54) is 109 Å². The predicted molar refractivity (Wildman–Crippen MR) is 260 cm³/mol. The van der Waals surface area contributed by atoms with E-state index in [1.807, 2.05) is 0 Å². The lowest BCUT2D eigenvalue weighted by molar-refractivity contribution is -0.305. The first-order chi connectivity index (χ1) is 30.9. The van der Waals surface area contributed by atoms with E-state index in [2.05, 4.69) is 86.8 Å². The highest BCUT2D eigenvalue weighted by Gasteiger charge is 2.44. The number of carbonyl (C=O) groups excluding carboxylic acids is 1. The molecule has 1 heterocycles. The monoisotopic (exact) mass is 887 g/mol. The smallest absolute Gasteiger partial charge is 0.306 e. The van der Waals surface area contributed by atoms with Crippen LogP contribution in [0.5, 0.6) is 0 Å². The molecule has 0 amide bonds. The number of unbranched alkanes of at least 4 members (excludes halogenated alkanes) is 20. The fourth-order valence-corrected chi connectivity index (χ4v) is 7.45. The third-order valence-electron chi connectivity index (χ3n) is 11.4. The molecular weight excluding hydrogens is 793 g/mol. The Hall–Kier alpha value is -2.37. The summed E-state index contributed by atoms with van der Waals surface area (Å²) in [6, 6.07) is 0. The molecule has 0 bridgehead atoms. The predicted octanol–water partition coefficient (Wildman–Crippen LogP) is 12.4. The maximum absolute atomic E-state index is 12.8. The Morgan fingerprint density at radius 3 is 1.40 bits per heavy atom. The van der Waals surface area contributed by atoms with Crippen molar-refractivity contribution in [2.75, 3.05) is 26.4 Å². The quantitative estimate of drug-likeness (QED) is 0.0268. The molecule has 0 saturated carbocycles. The summed E-state index contributed by atoms with van der Waals surface area (Å²) in [6.07, 6.45) is 52.3. The molecule has 9 nitrogen and oxygen atoms in total. The van der Waals surface area contributed by atoms with Gasteiger partial charge in [0.1, 0.15) is 30.5 Å². The summed E-state index contributed by atoms with van der Waals surface area (Å²) in [4.78, 5) is 12.8. The molecule has 4 N–H and O–H groups in total. The molecule has 6 unspecified atom stereocenters. The summed E-state index contributed by atoms with van der Waals surface area (Å²) in [5.41, 5.74) is 0. The van der Waals surface area contributed by atoms with E-state index in [0.29, 0.717) is 13.0 Å². The maximum atomic E-state index is 12.8. The third kappa shape index (κ3) is 35.6. The minimum atomic E-state index is -1.55. The zero-order valence-electron chi connectivity index (χ0n) is 40.1. The first kappa shape index (κ1) is 58.6. The van der Waals surface area contributed by atoms with Crippen LogP contribution in [0.4, 0.5) is 0 Å². The van der Waals surface area contributed by atoms with Crippen molar-refractivity contribution < 1.29 is 44.2 Å². The van der Waals surface area contributed by atoms with Gasteiger partial charge >= 0.3 is 5.97 Å². The van der Waals surface area contributed by atoms with Gasteiger partial charge in [0.2, 0.25) is 0 Å². The zero-order chi connectivity index (χ0) is 45.7. The van der Waals surface area contributed by atoms with Gasteiger partial charge in [0.25, 0.3) is 0 Å². The average molecular weight is 887 g/mol. The van der Waals surface area contributed by atoms with Crippen LogP contribution in [0.15, 0.2) is 72.9 Å². The Labute approximate surface area is 385 Å². The van der Waals surface area contributed by atoms with E-state index < -0.39 is 43.4 Å². The van der Waals surface area contributed by atoms with E-state index in [-0.39, 0.29) is 19.2 Å². The molecule has 0 spiro atoms. The molecule has 0 radical (unpaired) electrons. The van der Waals surface area contributed by atoms with E-state index in [4.69, 9.17) is 18.9 Å². The first-order valence-corrected chi connectivity index (χ1v) is 25.5. The summed E-state index contributed by atoms with van der Waals surface area (Å²) < 4.78 is 22.8. The van der Waals surface area contributed by atoms with Crippen molar-refractivity contribution in [3.05, 3.63) is 72.9 Å². The molecule has 6 atom stereocenters. The van der Waals surface area contributed by atoms with Crippen LogP contribution < -0.4 is 0 Å². The molecule has 1 rings (SSSR count). The Morgan fingerprint density at radius 2 is 0.952 bits per heavy atom. The van der Waals surface area contributed by atoms with Gasteiger partial charge in [0.05, 0.1) is 19.8 Å². The first-order valence-electron chi connectivity index (χ1n) is 25.5. The minimum Gasteiger partial charge on any atom is -0.457 e. The van der Waals surface area contributed by atoms with Crippen molar-refractivity contribution in [3.63, 3.8) is 0 Å². The van der Waals surface area contributed by atoms with Crippen molar-refractivity contribution in [2.24, 2.45) is 0 Å². The standard InChI is InChI=1S/C54H94O9/c1-3-5-7-9-11-13-15-17-19-21-23-25-27-29-31-33-35-37-39-41-43-50(56)62-48(47-61-54-53(59)52(58)51(57)49(45-55)63-54)46-60-44-42-40-38-36-34-32-30-28-26-24-22-20-18-16-14-12-10-8-6-4-2/h6,8,12,14,18,20,24,26,30,32,36,38,48-49,51-55,57-59H,3-5,7,9-11,13,15-17,19,21-23,25,27-29,31,33-35,37,39-47H2,1-2H3/b8-6-,14-12-,20-18-,26-24-,32-30-,38-36-. The van der Waals surface area contributed by atoms with Crippen molar-refractivity contribution in [1.82, 2.24) is 0 Å². The number of hydrogen-bond donors (Lipinski definition) is 4. The van der Waals surface area contributed by atoms with Gasteiger partial charge in [0, 0.05) is 13.0 Å². The van der Waals surface area contributed by atoms with Crippen LogP contribution in [-0.2, 0) is 23.7 Å². The van der Waals surface area contributed by atoms with Gasteiger partial charge in [-0.3, -0.25) is 4.79 Å². The van der Waals surface area contributed by atoms with Crippen LogP contribution in [-0.4, -0.2) is 89.6 Å². The lowest BCUT2D eigenvalue weighted by Gasteiger charge is -2.39. The van der Waals surface area contributed by atoms with Crippen LogP contribution in [0.2, 0.25) is 0 Å². The van der Waals surface area contributed by atoms with Crippen LogP contribution >= 0.6 is 0 Å². The molecule has 0 aliphatic carbocycles. The third-order valence-corrected chi connectivity index (χ3v) is 11.4. The number of hydrogen-bond acceptors (Lipinski definition) is 9. The van der Waals surface area contributed by atoms with E-state index in [1.54, 1.807) is 0 Å². The Morgan fingerprint density at radius 1 is 0.524 bits per heavy atom. The maximum Gasteiger partial charge on any atom is 0.306 e. The molecular formula is C54H94O9. The second-order valence-electron chi connectivity index (χ2n) is 17.2. The van der Waals surface area contributed by atoms with Gasteiger partial charge < -0.3 is 39.4 Å². The second-order valence-corrected chi connectivity index (χ2v) is 17.2. The lowest BCUT2D eigenvalue weighted by atomic mass is 9.99. The van der Waals surface area contributed by atoms with Crippen molar-refractivity contribution in [3.8, 4) is 0 Å². The van der Waals surface area contributed by atoms with Gasteiger partial charge in [-0.25, -0.2) is 0 Å². The summed E-state index contributed by atoms with van der Waals surface area (Å²) in [6.45, 7) is 4.31. The molecule has 0 aromatic heterocycles. The largest absolute Gasteiger partial charge is 0.457 e. The number of aliphatic hydroxyl groups excluding tert-OH is 4.